The van der Waals surface area contributed by atoms with Crippen molar-refractivity contribution in [1.82, 2.24) is 0 Å². The van der Waals surface area contributed by atoms with E-state index in [1.54, 1.807) is 0 Å². The summed E-state index contributed by atoms with van der Waals surface area (Å²) in [6.07, 6.45) is 0.460. The number of hydrogen-bond donors (Lipinski definition) is 1. The maximum atomic E-state index is 8.34. The Balaban J connectivity index is 1.88. The van der Waals surface area contributed by atoms with E-state index >= 15 is 0 Å². The highest BCUT2D eigenvalue weighted by Crippen LogP contribution is 2.11. The van der Waals surface area contributed by atoms with E-state index in [0.29, 0.717) is 6.10 Å². The summed E-state index contributed by atoms with van der Waals surface area (Å²) in [5.41, 5.74) is 0. The van der Waals surface area contributed by atoms with Crippen molar-refractivity contribution < 1.29 is 9.53 Å². The average Bonchev–Trinajstić information content (AvgIpc) is 2.21. The molecule has 0 saturated carbocycles. The molecule has 0 bridgehead atoms. The lowest BCUT2D eigenvalue weighted by atomic mass is 10.6. The molecule has 1 rings (SSSR count). The summed E-state index contributed by atoms with van der Waals surface area (Å²) in [6.45, 7) is 0.896. The monoisotopic (exact) mass is 104 g/mol. The molecule has 6 heavy (non-hydrogen) atoms. The summed E-state index contributed by atoms with van der Waals surface area (Å²) in [5.74, 6) is 0. The Bertz CT molecular complexity index is 44.1. The van der Waals surface area contributed by atoms with Gasteiger partial charge in [0.15, 0.2) is 9.76 Å². The molecule has 1 atom stereocenters. The predicted octanol–water partition coefficient (Wildman–Crippen LogP) is -1.12. The first-order chi connectivity index (χ1) is 2.93. The van der Waals surface area contributed by atoms with Crippen LogP contribution in [0.15, 0.2) is 0 Å². The van der Waals surface area contributed by atoms with Crippen LogP contribution in [0.25, 0.3) is 0 Å². The first-order valence-corrected chi connectivity index (χ1v) is 3.79. The molecular formula is C3H8O2Si. The molecule has 0 amide bonds. The van der Waals surface area contributed by atoms with E-state index in [4.69, 9.17) is 9.53 Å². The molecule has 2 nitrogen and oxygen atoms in total. The van der Waals surface area contributed by atoms with Gasteiger partial charge in [-0.1, -0.05) is 0 Å². The fourth-order valence-electron chi connectivity index (χ4n) is 0.379. The van der Waals surface area contributed by atoms with Gasteiger partial charge in [-0.25, -0.2) is 0 Å². The molecular weight excluding hydrogens is 96.1 g/mol. The maximum Gasteiger partial charge on any atom is 0.159 e. The molecule has 0 aromatic heterocycles. The second-order valence-corrected chi connectivity index (χ2v) is 2.49. The Labute approximate surface area is 39.1 Å². The number of epoxide rings is 1. The molecule has 1 aliphatic heterocycles. The molecule has 0 radical (unpaired) electrons. The third kappa shape index (κ3) is 1.08. The van der Waals surface area contributed by atoms with Crippen molar-refractivity contribution in [1.29, 1.82) is 0 Å². The molecule has 1 fully saturated rings. The van der Waals surface area contributed by atoms with Crippen LogP contribution in [0.2, 0.25) is 6.04 Å². The Hall–Kier alpha value is 0.137. The predicted molar refractivity (Wildman–Crippen MR) is 25.3 cm³/mol. The first kappa shape index (κ1) is 4.30. The fraction of sp³-hybridized carbons (Fsp3) is 1.00. The van der Waals surface area contributed by atoms with E-state index in [-0.39, 0.29) is 0 Å². The van der Waals surface area contributed by atoms with Crippen molar-refractivity contribution in [3.8, 4) is 0 Å². The highest BCUT2D eigenvalue weighted by molar-refractivity contribution is 6.25. The minimum absolute atomic E-state index is 0.460. The van der Waals surface area contributed by atoms with E-state index in [1.807, 2.05) is 0 Å². The molecule has 0 spiro atoms. The third-order valence-corrected chi connectivity index (χ3v) is 1.76. The lowest BCUT2D eigenvalue weighted by Crippen LogP contribution is -1.91. The molecule has 0 aliphatic carbocycles. The van der Waals surface area contributed by atoms with Crippen LogP contribution in [-0.2, 0) is 4.74 Å². The largest absolute Gasteiger partial charge is 0.438 e. The van der Waals surface area contributed by atoms with E-state index in [2.05, 4.69) is 0 Å². The first-order valence-electron chi connectivity index (χ1n) is 2.16. The minimum atomic E-state index is -0.696. The van der Waals surface area contributed by atoms with Gasteiger partial charge in [0.25, 0.3) is 0 Å². The van der Waals surface area contributed by atoms with Crippen molar-refractivity contribution in [2.75, 3.05) is 6.61 Å². The van der Waals surface area contributed by atoms with Gasteiger partial charge in [-0.15, -0.1) is 0 Å². The van der Waals surface area contributed by atoms with Crippen molar-refractivity contribution >= 4 is 9.76 Å². The molecule has 1 saturated heterocycles. The standard InChI is InChI=1S/C3H8O2Si/c4-6-2-3-1-5-3/h3-4H,1-2,6H2. The highest BCUT2D eigenvalue weighted by Gasteiger charge is 2.20. The van der Waals surface area contributed by atoms with Gasteiger partial charge in [0, 0.05) is 0 Å². The van der Waals surface area contributed by atoms with Gasteiger partial charge < -0.3 is 9.53 Å². The molecule has 1 aliphatic rings. The summed E-state index contributed by atoms with van der Waals surface area (Å²) in [4.78, 5) is 8.34. The van der Waals surface area contributed by atoms with Crippen LogP contribution in [0.1, 0.15) is 0 Å². The fourth-order valence-corrected chi connectivity index (χ4v) is 1.00. The van der Waals surface area contributed by atoms with Crippen molar-refractivity contribution in [3.05, 3.63) is 0 Å². The topological polar surface area (TPSA) is 32.8 Å². The summed E-state index contributed by atoms with van der Waals surface area (Å²) < 4.78 is 4.82. The van der Waals surface area contributed by atoms with Crippen LogP contribution < -0.4 is 0 Å². The molecule has 0 aromatic carbocycles. The number of rotatable bonds is 2. The van der Waals surface area contributed by atoms with E-state index in [0.717, 1.165) is 12.7 Å². The van der Waals surface area contributed by atoms with Crippen LogP contribution in [0.5, 0.6) is 0 Å². The van der Waals surface area contributed by atoms with Crippen LogP contribution in [0.3, 0.4) is 0 Å². The van der Waals surface area contributed by atoms with Crippen LogP contribution in [-0.4, -0.2) is 27.3 Å². The summed E-state index contributed by atoms with van der Waals surface area (Å²) in [6, 6.07) is 0.958. The van der Waals surface area contributed by atoms with Crippen molar-refractivity contribution in [2.24, 2.45) is 0 Å². The zero-order valence-electron chi connectivity index (χ0n) is 3.55. The second kappa shape index (κ2) is 1.73. The Morgan fingerprint density at radius 3 is 2.83 bits per heavy atom. The number of ether oxygens (including phenoxy) is 1. The van der Waals surface area contributed by atoms with Gasteiger partial charge in [0.1, 0.15) is 0 Å². The van der Waals surface area contributed by atoms with E-state index in [9.17, 15) is 0 Å². The third-order valence-electron chi connectivity index (χ3n) is 0.853. The SMILES string of the molecule is O[SiH2]CC1CO1. The van der Waals surface area contributed by atoms with Crippen LogP contribution in [0, 0.1) is 0 Å². The van der Waals surface area contributed by atoms with Gasteiger partial charge >= 0.3 is 0 Å². The average molecular weight is 104 g/mol. The highest BCUT2D eigenvalue weighted by atomic mass is 28.2. The van der Waals surface area contributed by atoms with Gasteiger partial charge in [-0.05, 0) is 6.04 Å². The molecule has 3 heteroatoms. The molecule has 0 aromatic rings. The minimum Gasteiger partial charge on any atom is -0.438 e. The number of hydrogen-bond acceptors (Lipinski definition) is 2. The Kier molecular flexibility index (Phi) is 1.24. The molecule has 1 N–H and O–H groups in total. The molecule has 36 valence electrons. The van der Waals surface area contributed by atoms with Crippen LogP contribution >= 0.6 is 0 Å². The zero-order valence-corrected chi connectivity index (χ0v) is 4.97. The summed E-state index contributed by atoms with van der Waals surface area (Å²) in [5, 5.41) is 0. The Morgan fingerprint density at radius 1 is 2.00 bits per heavy atom. The van der Waals surface area contributed by atoms with Crippen molar-refractivity contribution in [3.63, 3.8) is 0 Å². The summed E-state index contributed by atoms with van der Waals surface area (Å²) >= 11 is 0. The maximum absolute atomic E-state index is 8.34. The molecule has 1 heterocycles. The smallest absolute Gasteiger partial charge is 0.159 e. The van der Waals surface area contributed by atoms with Crippen molar-refractivity contribution in [2.45, 2.75) is 12.1 Å². The zero-order chi connectivity index (χ0) is 4.41. The summed E-state index contributed by atoms with van der Waals surface area (Å²) in [7, 11) is -0.696. The van der Waals surface area contributed by atoms with Gasteiger partial charge in [-0.2, -0.15) is 0 Å². The Morgan fingerprint density at radius 2 is 2.67 bits per heavy atom. The van der Waals surface area contributed by atoms with Crippen LogP contribution in [0.4, 0.5) is 0 Å². The normalized spacial score (nSPS) is 32.5. The lowest BCUT2D eigenvalue weighted by molar-refractivity contribution is 0.418. The quantitative estimate of drug-likeness (QED) is 0.355. The van der Waals surface area contributed by atoms with E-state index < -0.39 is 9.76 Å². The molecule has 1 unspecified atom stereocenters. The van der Waals surface area contributed by atoms with Gasteiger partial charge in [0.05, 0.1) is 12.7 Å². The van der Waals surface area contributed by atoms with E-state index in [1.165, 1.54) is 0 Å². The van der Waals surface area contributed by atoms with Gasteiger partial charge in [0.2, 0.25) is 0 Å². The van der Waals surface area contributed by atoms with Gasteiger partial charge in [-0.3, -0.25) is 0 Å². The lowest BCUT2D eigenvalue weighted by Gasteiger charge is -1.78. The second-order valence-electron chi connectivity index (χ2n) is 1.47.